The smallest absolute Gasteiger partial charge is 0.307 e. The number of carbonyl (C=O) groups is 2. The molecule has 1 aliphatic carbocycles. The Morgan fingerprint density at radius 3 is 2.45 bits per heavy atom. The molecule has 29 heavy (non-hydrogen) atoms. The Labute approximate surface area is 168 Å². The van der Waals surface area contributed by atoms with Crippen molar-refractivity contribution in [1.82, 2.24) is 10.2 Å². The molecule has 0 aliphatic heterocycles. The van der Waals surface area contributed by atoms with Crippen molar-refractivity contribution in [2.75, 3.05) is 11.1 Å². The molecule has 2 N–H and O–H groups in total. The van der Waals surface area contributed by atoms with Crippen LogP contribution in [0.3, 0.4) is 0 Å². The number of carboxylic acids is 1. The summed E-state index contributed by atoms with van der Waals surface area (Å²) >= 11 is 0. The number of allylic oxidation sites excluding steroid dienone is 2. The van der Waals surface area contributed by atoms with Crippen molar-refractivity contribution < 1.29 is 23.1 Å². The summed E-state index contributed by atoms with van der Waals surface area (Å²) in [5.74, 6) is -2.78. The lowest BCUT2D eigenvalue weighted by Crippen LogP contribution is -2.34. The number of anilines is 1. The summed E-state index contributed by atoms with van der Waals surface area (Å²) in [6.45, 7) is 1.54. The topological polar surface area (TPSA) is 126 Å². The maximum Gasteiger partial charge on any atom is 0.307 e. The maximum atomic E-state index is 12.6. The molecule has 0 radical (unpaired) electrons. The largest absolute Gasteiger partial charge is 0.481 e. The molecule has 1 heterocycles. The molecule has 0 spiro atoms. The van der Waals surface area contributed by atoms with E-state index in [1.54, 1.807) is 36.4 Å². The van der Waals surface area contributed by atoms with Gasteiger partial charge in [0.1, 0.15) is 0 Å². The van der Waals surface area contributed by atoms with Crippen LogP contribution in [0.2, 0.25) is 0 Å². The van der Waals surface area contributed by atoms with E-state index in [-0.39, 0.29) is 16.7 Å². The van der Waals surface area contributed by atoms with Gasteiger partial charge in [0, 0.05) is 11.3 Å². The second-order valence-corrected chi connectivity index (χ2v) is 8.95. The van der Waals surface area contributed by atoms with E-state index >= 15 is 0 Å². The van der Waals surface area contributed by atoms with Crippen LogP contribution in [0.5, 0.6) is 0 Å². The van der Waals surface area contributed by atoms with Crippen molar-refractivity contribution in [3.05, 3.63) is 48.6 Å². The van der Waals surface area contributed by atoms with Crippen molar-refractivity contribution in [2.45, 2.75) is 24.8 Å². The van der Waals surface area contributed by atoms with Gasteiger partial charge in [-0.2, -0.15) is 0 Å². The lowest BCUT2D eigenvalue weighted by molar-refractivity contribution is -0.146. The number of hydrogen-bond acceptors (Lipinski definition) is 6. The third kappa shape index (κ3) is 4.68. The number of hydrogen-bond donors (Lipinski definition) is 2. The number of nitrogens with one attached hydrogen (secondary N) is 1. The fourth-order valence-corrected chi connectivity index (χ4v) is 3.89. The molecule has 2 aromatic rings. The van der Waals surface area contributed by atoms with E-state index in [9.17, 15) is 23.1 Å². The second kappa shape index (κ2) is 8.52. The Kier molecular flexibility index (Phi) is 6.07. The number of carboxylic acid groups (broad SMARTS) is 1. The summed E-state index contributed by atoms with van der Waals surface area (Å²) in [5.41, 5.74) is 1.60. The number of aliphatic carboxylic acids is 1. The number of rotatable bonds is 6. The SMILES string of the molecule is CCS(=O)(=O)c1ccc(-c2cccc(NC(=O)C3CC=CCC3C(=O)O)c2)nn1. The molecule has 0 bridgehead atoms. The van der Waals surface area contributed by atoms with E-state index in [1.807, 2.05) is 6.08 Å². The summed E-state index contributed by atoms with van der Waals surface area (Å²) in [4.78, 5) is 24.0. The van der Waals surface area contributed by atoms with Crippen LogP contribution in [0.25, 0.3) is 11.3 Å². The molecule has 1 aromatic heterocycles. The standard InChI is InChI=1S/C20H21N3O5S/c1-2-29(27,28)18-11-10-17(22-23-18)13-6-5-7-14(12-13)21-19(24)15-8-3-4-9-16(15)20(25)26/h3-7,10-12,15-16H,2,8-9H2,1H3,(H,21,24)(H,25,26). The quantitative estimate of drug-likeness (QED) is 0.694. The van der Waals surface area contributed by atoms with E-state index in [0.29, 0.717) is 29.8 Å². The molecule has 3 rings (SSSR count). The van der Waals surface area contributed by atoms with Crippen LogP contribution in [0.1, 0.15) is 19.8 Å². The lowest BCUT2D eigenvalue weighted by atomic mass is 9.82. The predicted molar refractivity (Wildman–Crippen MR) is 107 cm³/mol. The summed E-state index contributed by atoms with van der Waals surface area (Å²) in [5, 5.41) is 19.8. The minimum absolute atomic E-state index is 0.0593. The fourth-order valence-electron chi connectivity index (χ4n) is 3.16. The van der Waals surface area contributed by atoms with E-state index in [2.05, 4.69) is 15.5 Å². The zero-order valence-electron chi connectivity index (χ0n) is 15.8. The first-order valence-electron chi connectivity index (χ1n) is 9.17. The first-order valence-corrected chi connectivity index (χ1v) is 10.8. The van der Waals surface area contributed by atoms with Crippen molar-refractivity contribution in [3.8, 4) is 11.3 Å². The first kappa shape index (κ1) is 20.7. The van der Waals surface area contributed by atoms with Gasteiger partial charge in [-0.05, 0) is 37.1 Å². The van der Waals surface area contributed by atoms with Crippen molar-refractivity contribution >= 4 is 27.4 Å². The van der Waals surface area contributed by atoms with Gasteiger partial charge in [-0.25, -0.2) is 8.42 Å². The number of nitrogens with zero attached hydrogens (tertiary/aromatic N) is 2. The Hall–Kier alpha value is -3.07. The molecule has 8 nitrogen and oxygen atoms in total. The van der Waals surface area contributed by atoms with Crippen molar-refractivity contribution in [3.63, 3.8) is 0 Å². The van der Waals surface area contributed by atoms with Crippen LogP contribution in [-0.2, 0) is 19.4 Å². The Balaban J connectivity index is 1.78. The van der Waals surface area contributed by atoms with Gasteiger partial charge >= 0.3 is 5.97 Å². The second-order valence-electron chi connectivity index (χ2n) is 6.72. The zero-order valence-corrected chi connectivity index (χ0v) is 16.6. The molecular weight excluding hydrogens is 394 g/mol. The molecule has 9 heteroatoms. The zero-order chi connectivity index (χ0) is 21.0. The highest BCUT2D eigenvalue weighted by atomic mass is 32.2. The summed E-state index contributed by atoms with van der Waals surface area (Å²) in [6, 6.07) is 9.82. The molecule has 1 aromatic carbocycles. The molecule has 0 saturated carbocycles. The van der Waals surface area contributed by atoms with Gasteiger partial charge in [-0.1, -0.05) is 31.2 Å². The number of sulfone groups is 1. The number of carbonyl (C=O) groups excluding carboxylic acids is 1. The average Bonchev–Trinajstić information content (AvgIpc) is 2.74. The number of amides is 1. The molecule has 1 amide bonds. The normalized spacial score (nSPS) is 18.9. The van der Waals surface area contributed by atoms with Gasteiger partial charge in [0.15, 0.2) is 14.9 Å². The Morgan fingerprint density at radius 1 is 1.10 bits per heavy atom. The monoisotopic (exact) mass is 415 g/mol. The highest BCUT2D eigenvalue weighted by molar-refractivity contribution is 7.91. The van der Waals surface area contributed by atoms with Crippen LogP contribution < -0.4 is 5.32 Å². The summed E-state index contributed by atoms with van der Waals surface area (Å²) in [7, 11) is -3.43. The van der Waals surface area contributed by atoms with E-state index in [4.69, 9.17) is 0 Å². The molecule has 2 unspecified atom stereocenters. The van der Waals surface area contributed by atoms with Gasteiger partial charge in [-0.15, -0.1) is 10.2 Å². The van der Waals surface area contributed by atoms with Crippen LogP contribution in [-0.4, -0.2) is 41.4 Å². The van der Waals surface area contributed by atoms with Crippen LogP contribution in [0.4, 0.5) is 5.69 Å². The Bertz CT molecular complexity index is 1050. The number of aromatic nitrogens is 2. The molecular formula is C20H21N3O5S. The highest BCUT2D eigenvalue weighted by Crippen LogP contribution is 2.28. The lowest BCUT2D eigenvalue weighted by Gasteiger charge is -2.24. The third-order valence-corrected chi connectivity index (χ3v) is 6.47. The van der Waals surface area contributed by atoms with Crippen LogP contribution in [0, 0.1) is 11.8 Å². The maximum absolute atomic E-state index is 12.6. The molecule has 0 saturated heterocycles. The first-order chi connectivity index (χ1) is 13.8. The summed E-state index contributed by atoms with van der Waals surface area (Å²) in [6.07, 6.45) is 4.31. The molecule has 1 aliphatic rings. The van der Waals surface area contributed by atoms with Gasteiger partial charge in [-0.3, -0.25) is 9.59 Å². The van der Waals surface area contributed by atoms with Gasteiger partial charge in [0.05, 0.1) is 23.3 Å². The molecule has 2 atom stereocenters. The van der Waals surface area contributed by atoms with Gasteiger partial charge in [0.25, 0.3) is 0 Å². The van der Waals surface area contributed by atoms with E-state index in [0.717, 1.165) is 0 Å². The predicted octanol–water partition coefficient (Wildman–Crippen LogP) is 2.54. The van der Waals surface area contributed by atoms with E-state index < -0.39 is 27.6 Å². The average molecular weight is 415 g/mol. The van der Waals surface area contributed by atoms with Crippen molar-refractivity contribution in [2.24, 2.45) is 11.8 Å². The van der Waals surface area contributed by atoms with Crippen LogP contribution in [0.15, 0.2) is 53.6 Å². The van der Waals surface area contributed by atoms with Gasteiger partial charge in [0.2, 0.25) is 5.91 Å². The summed E-state index contributed by atoms with van der Waals surface area (Å²) < 4.78 is 23.7. The minimum atomic E-state index is -3.43. The van der Waals surface area contributed by atoms with E-state index in [1.165, 1.54) is 13.0 Å². The van der Waals surface area contributed by atoms with Crippen LogP contribution >= 0.6 is 0 Å². The number of benzene rings is 1. The molecule has 152 valence electrons. The minimum Gasteiger partial charge on any atom is -0.481 e. The Morgan fingerprint density at radius 2 is 1.83 bits per heavy atom. The molecule has 0 fully saturated rings. The van der Waals surface area contributed by atoms with Crippen molar-refractivity contribution in [1.29, 1.82) is 0 Å². The van der Waals surface area contributed by atoms with Gasteiger partial charge < -0.3 is 10.4 Å². The fraction of sp³-hybridized carbons (Fsp3) is 0.300. The third-order valence-electron chi connectivity index (χ3n) is 4.85. The highest BCUT2D eigenvalue weighted by Gasteiger charge is 2.33.